The van der Waals surface area contributed by atoms with Crippen LogP contribution in [0.25, 0.3) is 10.8 Å². The third-order valence-corrected chi connectivity index (χ3v) is 5.22. The predicted molar refractivity (Wildman–Crippen MR) is 95.8 cm³/mol. The number of imide groups is 1. The van der Waals surface area contributed by atoms with Crippen molar-refractivity contribution in [3.63, 3.8) is 0 Å². The third kappa shape index (κ3) is 3.14. The van der Waals surface area contributed by atoms with E-state index in [0.717, 1.165) is 15.7 Å². The van der Waals surface area contributed by atoms with Gasteiger partial charge in [0.25, 0.3) is 0 Å². The van der Waals surface area contributed by atoms with Crippen LogP contribution in [0, 0.1) is 0 Å². The Balaban J connectivity index is 1.77. The van der Waals surface area contributed by atoms with Crippen LogP contribution in [0.15, 0.2) is 42.5 Å². The molecule has 0 radical (unpaired) electrons. The molecule has 2 aromatic rings. The van der Waals surface area contributed by atoms with Gasteiger partial charge in [-0.3, -0.25) is 19.3 Å². The molecule has 1 aliphatic rings. The van der Waals surface area contributed by atoms with Crippen molar-refractivity contribution < 1.29 is 14.4 Å². The molecule has 24 heavy (non-hydrogen) atoms. The number of rotatable bonds is 3. The van der Waals surface area contributed by atoms with Gasteiger partial charge in [0.1, 0.15) is 6.54 Å². The van der Waals surface area contributed by atoms with Crippen molar-refractivity contribution in [1.82, 2.24) is 4.90 Å². The van der Waals surface area contributed by atoms with Crippen molar-refractivity contribution in [2.75, 3.05) is 11.9 Å². The fourth-order valence-corrected chi connectivity index (χ4v) is 3.89. The summed E-state index contributed by atoms with van der Waals surface area (Å²) in [6.07, 6.45) is 0. The molecule has 0 aromatic heterocycles. The molecular formula is C18H18N2O3S. The lowest BCUT2D eigenvalue weighted by Gasteiger charge is -2.31. The summed E-state index contributed by atoms with van der Waals surface area (Å²) in [6.45, 7) is 3.26. The van der Waals surface area contributed by atoms with E-state index in [2.05, 4.69) is 5.32 Å². The van der Waals surface area contributed by atoms with E-state index in [0.29, 0.717) is 5.69 Å². The predicted octanol–water partition coefficient (Wildman–Crippen LogP) is 2.66. The van der Waals surface area contributed by atoms with Gasteiger partial charge in [0, 0.05) is 11.1 Å². The monoisotopic (exact) mass is 342 g/mol. The summed E-state index contributed by atoms with van der Waals surface area (Å²) in [6, 6.07) is 13.3. The molecule has 1 aliphatic heterocycles. The zero-order valence-corrected chi connectivity index (χ0v) is 14.3. The lowest BCUT2D eigenvalue weighted by Crippen LogP contribution is -2.52. The highest BCUT2D eigenvalue weighted by molar-refractivity contribution is 8.02. The Labute approximate surface area is 144 Å². The van der Waals surface area contributed by atoms with Crippen LogP contribution in [0.5, 0.6) is 0 Å². The molecule has 3 rings (SSSR count). The maximum atomic E-state index is 12.4. The average molecular weight is 342 g/mol. The zero-order chi connectivity index (χ0) is 17.3. The first kappa shape index (κ1) is 16.5. The first-order valence-electron chi connectivity index (χ1n) is 7.75. The van der Waals surface area contributed by atoms with Gasteiger partial charge in [0.15, 0.2) is 0 Å². The summed E-state index contributed by atoms with van der Waals surface area (Å²) in [5.74, 6) is -0.994. The second-order valence-electron chi connectivity index (χ2n) is 5.76. The lowest BCUT2D eigenvalue weighted by molar-refractivity contribution is -0.147. The number of hydrogen-bond donors (Lipinski definition) is 1. The van der Waals surface area contributed by atoms with E-state index in [4.69, 9.17) is 0 Å². The van der Waals surface area contributed by atoms with E-state index in [1.165, 1.54) is 11.8 Å². The Morgan fingerprint density at radius 2 is 1.67 bits per heavy atom. The molecule has 5 nitrogen and oxygen atoms in total. The van der Waals surface area contributed by atoms with Gasteiger partial charge in [-0.25, -0.2) is 0 Å². The molecule has 124 valence electrons. The number of nitrogens with one attached hydrogen (secondary N) is 1. The highest BCUT2D eigenvalue weighted by Gasteiger charge is 2.38. The van der Waals surface area contributed by atoms with E-state index >= 15 is 0 Å². The average Bonchev–Trinajstić information content (AvgIpc) is 2.57. The van der Waals surface area contributed by atoms with Gasteiger partial charge in [-0.1, -0.05) is 36.4 Å². The van der Waals surface area contributed by atoms with Crippen LogP contribution < -0.4 is 5.32 Å². The standard InChI is InChI=1S/C18H18N2O3S/c1-11-17(22)20(18(23)12(2)24-11)10-16(21)19-15-9-5-7-13-6-3-4-8-14(13)15/h3-9,11-12H,10H2,1-2H3,(H,19,21). The van der Waals surface area contributed by atoms with Crippen LogP contribution in [0.4, 0.5) is 5.69 Å². The first-order valence-corrected chi connectivity index (χ1v) is 8.70. The minimum Gasteiger partial charge on any atom is -0.324 e. The summed E-state index contributed by atoms with van der Waals surface area (Å²) in [5, 5.41) is 4.11. The molecule has 0 saturated carbocycles. The number of amides is 3. The van der Waals surface area contributed by atoms with Crippen molar-refractivity contribution in [2.24, 2.45) is 0 Å². The summed E-state index contributed by atoms with van der Waals surface area (Å²) >= 11 is 1.32. The fourth-order valence-electron chi connectivity index (χ4n) is 2.79. The van der Waals surface area contributed by atoms with E-state index in [1.54, 1.807) is 19.9 Å². The minimum atomic E-state index is -0.376. The third-order valence-electron chi connectivity index (χ3n) is 4.00. The zero-order valence-electron chi connectivity index (χ0n) is 13.5. The Bertz CT molecular complexity index is 796. The van der Waals surface area contributed by atoms with E-state index in [1.807, 2.05) is 36.4 Å². The van der Waals surface area contributed by atoms with Crippen LogP contribution in [0.3, 0.4) is 0 Å². The minimum absolute atomic E-state index is 0.254. The molecule has 2 aromatic carbocycles. The van der Waals surface area contributed by atoms with Gasteiger partial charge in [0.2, 0.25) is 17.7 Å². The van der Waals surface area contributed by atoms with Crippen molar-refractivity contribution in [2.45, 2.75) is 24.3 Å². The SMILES string of the molecule is CC1SC(C)C(=O)N(CC(=O)Nc2cccc3ccccc23)C1=O. The number of fused-ring (bicyclic) bond motifs is 1. The van der Waals surface area contributed by atoms with E-state index in [-0.39, 0.29) is 34.8 Å². The Morgan fingerprint density at radius 1 is 1.04 bits per heavy atom. The number of carbonyl (C=O) groups excluding carboxylic acids is 3. The summed E-state index contributed by atoms with van der Waals surface area (Å²) in [5.41, 5.74) is 0.672. The topological polar surface area (TPSA) is 66.5 Å². The maximum Gasteiger partial charge on any atom is 0.244 e. The smallest absolute Gasteiger partial charge is 0.244 e. The molecule has 0 bridgehead atoms. The summed E-state index contributed by atoms with van der Waals surface area (Å²) in [7, 11) is 0. The van der Waals surface area contributed by atoms with Crippen LogP contribution in [0.2, 0.25) is 0 Å². The highest BCUT2D eigenvalue weighted by Crippen LogP contribution is 2.27. The number of benzene rings is 2. The second kappa shape index (κ2) is 6.65. The molecule has 2 unspecified atom stereocenters. The number of thioether (sulfide) groups is 1. The largest absolute Gasteiger partial charge is 0.324 e. The van der Waals surface area contributed by atoms with Crippen molar-refractivity contribution in [3.8, 4) is 0 Å². The van der Waals surface area contributed by atoms with Crippen molar-refractivity contribution in [1.29, 1.82) is 0 Å². The van der Waals surface area contributed by atoms with Gasteiger partial charge in [-0.2, -0.15) is 0 Å². The van der Waals surface area contributed by atoms with Crippen LogP contribution in [0.1, 0.15) is 13.8 Å². The quantitative estimate of drug-likeness (QED) is 0.871. The molecule has 1 fully saturated rings. The van der Waals surface area contributed by atoms with Gasteiger partial charge < -0.3 is 5.32 Å². The lowest BCUT2D eigenvalue weighted by atomic mass is 10.1. The molecule has 2 atom stereocenters. The molecule has 1 N–H and O–H groups in total. The Hall–Kier alpha value is -2.34. The first-order chi connectivity index (χ1) is 11.5. The molecule has 1 heterocycles. The normalized spacial score (nSPS) is 21.2. The molecule has 3 amide bonds. The van der Waals surface area contributed by atoms with Gasteiger partial charge in [0.05, 0.1) is 10.5 Å². The molecule has 0 spiro atoms. The van der Waals surface area contributed by atoms with Gasteiger partial charge >= 0.3 is 0 Å². The van der Waals surface area contributed by atoms with Gasteiger partial charge in [-0.15, -0.1) is 11.8 Å². The number of nitrogens with zero attached hydrogens (tertiary/aromatic N) is 1. The molecule has 0 aliphatic carbocycles. The number of carbonyl (C=O) groups is 3. The van der Waals surface area contributed by atoms with E-state index in [9.17, 15) is 14.4 Å². The highest BCUT2D eigenvalue weighted by atomic mass is 32.2. The fraction of sp³-hybridized carbons (Fsp3) is 0.278. The van der Waals surface area contributed by atoms with Crippen LogP contribution >= 0.6 is 11.8 Å². The number of anilines is 1. The van der Waals surface area contributed by atoms with Crippen molar-refractivity contribution in [3.05, 3.63) is 42.5 Å². The maximum absolute atomic E-state index is 12.4. The van der Waals surface area contributed by atoms with E-state index < -0.39 is 0 Å². The van der Waals surface area contributed by atoms with Crippen LogP contribution in [-0.2, 0) is 14.4 Å². The summed E-state index contributed by atoms with van der Waals surface area (Å²) < 4.78 is 0. The summed E-state index contributed by atoms with van der Waals surface area (Å²) in [4.78, 5) is 37.8. The van der Waals surface area contributed by atoms with Crippen molar-refractivity contribution >= 4 is 45.9 Å². The number of hydrogen-bond acceptors (Lipinski definition) is 4. The van der Waals surface area contributed by atoms with Crippen LogP contribution in [-0.4, -0.2) is 39.7 Å². The van der Waals surface area contributed by atoms with Gasteiger partial charge in [-0.05, 0) is 25.3 Å². The molecule has 1 saturated heterocycles. The second-order valence-corrected chi connectivity index (χ2v) is 7.44. The molecule has 6 heteroatoms. The Morgan fingerprint density at radius 3 is 2.38 bits per heavy atom. The molecular weight excluding hydrogens is 324 g/mol. The Kier molecular flexibility index (Phi) is 4.57.